The van der Waals surface area contributed by atoms with Crippen LogP contribution in [0.3, 0.4) is 0 Å². The van der Waals surface area contributed by atoms with Gasteiger partial charge in [0.1, 0.15) is 18.0 Å². The highest BCUT2D eigenvalue weighted by Crippen LogP contribution is 2.26. The van der Waals surface area contributed by atoms with Crippen LogP contribution in [0.4, 0.5) is 11.4 Å². The molecule has 0 spiro atoms. The highest BCUT2D eigenvalue weighted by Gasteiger charge is 2.12. The van der Waals surface area contributed by atoms with Gasteiger partial charge in [0.25, 0.3) is 5.69 Å². The van der Waals surface area contributed by atoms with Crippen molar-refractivity contribution < 1.29 is 14.4 Å². The summed E-state index contributed by atoms with van der Waals surface area (Å²) in [6.45, 7) is 1.38. The molecule has 0 heterocycles. The van der Waals surface area contributed by atoms with E-state index < -0.39 is 4.92 Å². The van der Waals surface area contributed by atoms with E-state index in [1.807, 2.05) is 0 Å². The number of benzene rings is 1. The van der Waals surface area contributed by atoms with Crippen LogP contribution in [0.2, 0.25) is 0 Å². The smallest absolute Gasteiger partial charge is 0.295 e. The lowest BCUT2D eigenvalue weighted by Gasteiger charge is -2.06. The Labute approximate surface area is 107 Å². The van der Waals surface area contributed by atoms with Gasteiger partial charge in [-0.25, -0.2) is 0 Å². The minimum atomic E-state index is -0.538. The molecule has 0 saturated heterocycles. The maximum Gasteiger partial charge on any atom is 0.295 e. The summed E-state index contributed by atoms with van der Waals surface area (Å²) >= 11 is 3.23. The Morgan fingerprint density at radius 3 is 2.76 bits per heavy atom. The number of rotatable bonds is 7. The summed E-state index contributed by atoms with van der Waals surface area (Å²) < 4.78 is 10.5. The molecule has 0 atom stereocenters. The third-order valence-electron chi connectivity index (χ3n) is 1.92. The van der Waals surface area contributed by atoms with Crippen LogP contribution in [0.5, 0.6) is 5.75 Å². The fourth-order valence-corrected chi connectivity index (χ4v) is 1.38. The molecule has 1 aromatic carbocycles. The van der Waals surface area contributed by atoms with Gasteiger partial charge in [0.15, 0.2) is 0 Å². The molecule has 0 bridgehead atoms. The quantitative estimate of drug-likeness (QED) is 0.273. The first kappa shape index (κ1) is 13.7. The van der Waals surface area contributed by atoms with Crippen molar-refractivity contribution in [1.82, 2.24) is 0 Å². The third-order valence-corrected chi connectivity index (χ3v) is 2.24. The first-order valence-electron chi connectivity index (χ1n) is 4.95. The fourth-order valence-electron chi connectivity index (χ4n) is 1.15. The first-order chi connectivity index (χ1) is 8.15. The summed E-state index contributed by atoms with van der Waals surface area (Å²) in [4.78, 5) is 10.1. The standard InChI is InChI=1S/C10H13BrN2O4/c11-3-4-16-5-6-17-8-1-2-9(12)10(7-8)13(14)15/h1-2,7H,3-6,12H2. The first-order valence-corrected chi connectivity index (χ1v) is 6.07. The third kappa shape index (κ3) is 4.58. The lowest BCUT2D eigenvalue weighted by atomic mass is 10.2. The van der Waals surface area contributed by atoms with Crippen molar-refractivity contribution in [2.75, 3.05) is 30.9 Å². The average Bonchev–Trinajstić information content (AvgIpc) is 2.30. The Kier molecular flexibility index (Phi) is 5.71. The molecule has 0 saturated carbocycles. The predicted molar refractivity (Wildman–Crippen MR) is 67.6 cm³/mol. The highest BCUT2D eigenvalue weighted by atomic mass is 79.9. The van der Waals surface area contributed by atoms with Gasteiger partial charge in [0.05, 0.1) is 24.2 Å². The molecule has 17 heavy (non-hydrogen) atoms. The second-order valence-corrected chi connectivity index (χ2v) is 3.92. The van der Waals surface area contributed by atoms with Crippen molar-refractivity contribution in [2.45, 2.75) is 0 Å². The monoisotopic (exact) mass is 304 g/mol. The number of nitrogens with two attached hydrogens (primary N) is 1. The van der Waals surface area contributed by atoms with Gasteiger partial charge < -0.3 is 15.2 Å². The maximum atomic E-state index is 10.6. The van der Waals surface area contributed by atoms with Crippen LogP contribution in [-0.2, 0) is 4.74 Å². The maximum absolute atomic E-state index is 10.6. The minimum Gasteiger partial charge on any atom is -0.491 e. The molecule has 0 fully saturated rings. The molecule has 0 aliphatic heterocycles. The van der Waals surface area contributed by atoms with Crippen LogP contribution < -0.4 is 10.5 Å². The van der Waals surface area contributed by atoms with E-state index >= 15 is 0 Å². The number of nitrogen functional groups attached to an aromatic ring is 1. The van der Waals surface area contributed by atoms with Crippen LogP contribution in [-0.4, -0.2) is 30.1 Å². The topological polar surface area (TPSA) is 87.6 Å². The van der Waals surface area contributed by atoms with Crippen molar-refractivity contribution in [1.29, 1.82) is 0 Å². The van der Waals surface area contributed by atoms with Crippen molar-refractivity contribution >= 4 is 27.3 Å². The molecule has 0 unspecified atom stereocenters. The van der Waals surface area contributed by atoms with Crippen molar-refractivity contribution in [2.24, 2.45) is 0 Å². The zero-order valence-electron chi connectivity index (χ0n) is 9.10. The molecule has 0 amide bonds. The average molecular weight is 305 g/mol. The Bertz CT molecular complexity index is 387. The Morgan fingerprint density at radius 1 is 1.35 bits per heavy atom. The van der Waals surface area contributed by atoms with Crippen LogP contribution in [0, 0.1) is 10.1 Å². The molecule has 0 aliphatic rings. The molecule has 94 valence electrons. The number of nitro groups is 1. The van der Waals surface area contributed by atoms with Crippen LogP contribution in [0.1, 0.15) is 0 Å². The zero-order valence-corrected chi connectivity index (χ0v) is 10.7. The number of nitrogens with zero attached hydrogens (tertiary/aromatic N) is 1. The second-order valence-electron chi connectivity index (χ2n) is 3.13. The van der Waals surface area contributed by atoms with Crippen molar-refractivity contribution in [3.05, 3.63) is 28.3 Å². The number of alkyl halides is 1. The number of halogens is 1. The van der Waals surface area contributed by atoms with Gasteiger partial charge >= 0.3 is 0 Å². The molecular formula is C10H13BrN2O4. The van der Waals surface area contributed by atoms with Gasteiger partial charge in [-0.15, -0.1) is 0 Å². The lowest BCUT2D eigenvalue weighted by molar-refractivity contribution is -0.384. The summed E-state index contributed by atoms with van der Waals surface area (Å²) in [5.41, 5.74) is 5.43. The number of hydrogen-bond acceptors (Lipinski definition) is 5. The van der Waals surface area contributed by atoms with E-state index in [2.05, 4.69) is 15.9 Å². The van der Waals surface area contributed by atoms with E-state index in [0.29, 0.717) is 25.6 Å². The largest absolute Gasteiger partial charge is 0.491 e. The SMILES string of the molecule is Nc1ccc(OCCOCCBr)cc1[N+](=O)[O-]. The molecule has 0 aliphatic carbocycles. The molecule has 1 rings (SSSR count). The number of hydrogen-bond donors (Lipinski definition) is 1. The zero-order chi connectivity index (χ0) is 12.7. The van der Waals surface area contributed by atoms with E-state index in [0.717, 1.165) is 5.33 Å². The second kappa shape index (κ2) is 7.08. The molecular weight excluding hydrogens is 292 g/mol. The van der Waals surface area contributed by atoms with Crippen LogP contribution in [0.25, 0.3) is 0 Å². The van der Waals surface area contributed by atoms with Gasteiger partial charge in [-0.05, 0) is 12.1 Å². The van der Waals surface area contributed by atoms with Gasteiger partial charge in [-0.1, -0.05) is 15.9 Å². The van der Waals surface area contributed by atoms with Crippen molar-refractivity contribution in [3.63, 3.8) is 0 Å². The van der Waals surface area contributed by atoms with Gasteiger partial charge in [0, 0.05) is 5.33 Å². The Balaban J connectivity index is 2.49. The molecule has 7 heteroatoms. The minimum absolute atomic E-state index is 0.123. The highest BCUT2D eigenvalue weighted by molar-refractivity contribution is 9.09. The lowest BCUT2D eigenvalue weighted by Crippen LogP contribution is -2.08. The van der Waals surface area contributed by atoms with Crippen molar-refractivity contribution in [3.8, 4) is 5.75 Å². The number of anilines is 1. The molecule has 0 aromatic heterocycles. The van der Waals surface area contributed by atoms with E-state index in [-0.39, 0.29) is 11.4 Å². The van der Waals surface area contributed by atoms with Gasteiger partial charge in [-0.3, -0.25) is 10.1 Å². The van der Waals surface area contributed by atoms with Gasteiger partial charge in [0.2, 0.25) is 0 Å². The van der Waals surface area contributed by atoms with Crippen LogP contribution >= 0.6 is 15.9 Å². The summed E-state index contributed by atoms with van der Waals surface area (Å²) in [5, 5.41) is 11.4. The predicted octanol–water partition coefficient (Wildman–Crippen LogP) is 1.97. The van der Waals surface area contributed by atoms with Gasteiger partial charge in [-0.2, -0.15) is 0 Å². The molecule has 1 aromatic rings. The van der Waals surface area contributed by atoms with E-state index in [4.69, 9.17) is 15.2 Å². The molecule has 6 nitrogen and oxygen atoms in total. The van der Waals surface area contributed by atoms with E-state index in [1.54, 1.807) is 6.07 Å². The van der Waals surface area contributed by atoms with E-state index in [1.165, 1.54) is 12.1 Å². The Morgan fingerprint density at radius 2 is 2.12 bits per heavy atom. The Hall–Kier alpha value is -1.34. The van der Waals surface area contributed by atoms with E-state index in [9.17, 15) is 10.1 Å². The molecule has 0 radical (unpaired) electrons. The summed E-state index contributed by atoms with van der Waals surface area (Å²) in [7, 11) is 0. The van der Waals surface area contributed by atoms with Crippen LogP contribution in [0.15, 0.2) is 18.2 Å². The fraction of sp³-hybridized carbons (Fsp3) is 0.400. The normalized spacial score (nSPS) is 10.2. The summed E-state index contributed by atoms with van der Waals surface area (Å²) in [6.07, 6.45) is 0. The summed E-state index contributed by atoms with van der Waals surface area (Å²) in [6, 6.07) is 4.35. The molecule has 2 N–H and O–H groups in total. The number of ether oxygens (including phenoxy) is 2. The summed E-state index contributed by atoms with van der Waals surface area (Å²) in [5.74, 6) is 0.411. The number of nitro benzene ring substituents is 1.